The summed E-state index contributed by atoms with van der Waals surface area (Å²) < 4.78 is 5.71. The van der Waals surface area contributed by atoms with Gasteiger partial charge in [-0.1, -0.05) is 26.2 Å². The number of rotatable bonds is 8. The second kappa shape index (κ2) is 8.47. The second-order valence-corrected chi connectivity index (χ2v) is 7.10. The van der Waals surface area contributed by atoms with Gasteiger partial charge in [-0.25, -0.2) is 0 Å². The molecule has 2 saturated carbocycles. The topological polar surface area (TPSA) is 61.7 Å². The highest BCUT2D eigenvalue weighted by Crippen LogP contribution is 2.33. The zero-order valence-corrected chi connectivity index (χ0v) is 13.5. The smallest absolute Gasteiger partial charge is 0.0897 e. The van der Waals surface area contributed by atoms with Gasteiger partial charge in [0.1, 0.15) is 0 Å². The van der Waals surface area contributed by atoms with Crippen molar-refractivity contribution in [2.45, 2.75) is 82.5 Å². The van der Waals surface area contributed by atoms with Gasteiger partial charge in [0.25, 0.3) is 0 Å². The van der Waals surface area contributed by atoms with Crippen LogP contribution >= 0.6 is 0 Å². The van der Waals surface area contributed by atoms with E-state index in [9.17, 15) is 10.2 Å². The fraction of sp³-hybridized carbons (Fsp3) is 1.00. The Balaban J connectivity index is 1.55. The van der Waals surface area contributed by atoms with Crippen LogP contribution in [-0.4, -0.2) is 47.7 Å². The Morgan fingerprint density at radius 1 is 1.19 bits per heavy atom. The van der Waals surface area contributed by atoms with Crippen molar-refractivity contribution < 1.29 is 14.9 Å². The predicted molar refractivity (Wildman–Crippen MR) is 84.3 cm³/mol. The molecule has 0 saturated heterocycles. The van der Waals surface area contributed by atoms with E-state index in [1.807, 2.05) is 0 Å². The molecule has 4 nitrogen and oxygen atoms in total. The van der Waals surface area contributed by atoms with Crippen molar-refractivity contribution in [3.05, 3.63) is 0 Å². The van der Waals surface area contributed by atoms with Crippen LogP contribution < -0.4 is 5.32 Å². The molecule has 124 valence electrons. The first-order valence-electron chi connectivity index (χ1n) is 8.84. The number of hydrogen-bond donors (Lipinski definition) is 3. The summed E-state index contributed by atoms with van der Waals surface area (Å²) in [7, 11) is 0. The van der Waals surface area contributed by atoms with Crippen LogP contribution in [0.25, 0.3) is 0 Å². The van der Waals surface area contributed by atoms with Gasteiger partial charge in [-0.2, -0.15) is 0 Å². The van der Waals surface area contributed by atoms with E-state index in [4.69, 9.17) is 4.74 Å². The average Bonchev–Trinajstić information content (AvgIpc) is 2.99. The van der Waals surface area contributed by atoms with Crippen molar-refractivity contribution in [1.82, 2.24) is 5.32 Å². The minimum atomic E-state index is -0.572. The summed E-state index contributed by atoms with van der Waals surface area (Å²) in [6.07, 6.45) is 9.91. The fourth-order valence-electron chi connectivity index (χ4n) is 3.63. The van der Waals surface area contributed by atoms with Gasteiger partial charge in [-0.15, -0.1) is 0 Å². The van der Waals surface area contributed by atoms with Crippen molar-refractivity contribution >= 4 is 0 Å². The lowest BCUT2D eigenvalue weighted by atomic mass is 9.78. The molecule has 2 aliphatic carbocycles. The first-order valence-corrected chi connectivity index (χ1v) is 8.84. The number of aliphatic hydroxyl groups is 2. The first-order chi connectivity index (χ1) is 10.1. The van der Waals surface area contributed by atoms with Crippen LogP contribution in [0.4, 0.5) is 0 Å². The van der Waals surface area contributed by atoms with Gasteiger partial charge in [0.05, 0.1) is 24.4 Å². The molecule has 0 aromatic heterocycles. The van der Waals surface area contributed by atoms with Crippen molar-refractivity contribution in [3.8, 4) is 0 Å². The largest absolute Gasteiger partial charge is 0.389 e. The van der Waals surface area contributed by atoms with E-state index in [2.05, 4.69) is 12.2 Å². The van der Waals surface area contributed by atoms with Crippen molar-refractivity contribution in [3.63, 3.8) is 0 Å². The zero-order chi connectivity index (χ0) is 15.1. The lowest BCUT2D eigenvalue weighted by Gasteiger charge is -2.36. The average molecular weight is 299 g/mol. The van der Waals surface area contributed by atoms with Crippen LogP contribution in [0.15, 0.2) is 0 Å². The molecule has 1 unspecified atom stereocenters. The predicted octanol–water partition coefficient (Wildman–Crippen LogP) is 2.23. The maximum atomic E-state index is 10.5. The Morgan fingerprint density at radius 2 is 1.86 bits per heavy atom. The second-order valence-electron chi connectivity index (χ2n) is 7.10. The van der Waals surface area contributed by atoms with Crippen molar-refractivity contribution in [2.24, 2.45) is 5.92 Å². The first kappa shape index (κ1) is 17.2. The third kappa shape index (κ3) is 5.85. The Hall–Kier alpha value is -0.160. The molecule has 0 spiro atoms. The molecule has 0 aromatic rings. The summed E-state index contributed by atoms with van der Waals surface area (Å²) in [6.45, 7) is 3.73. The molecule has 0 aliphatic heterocycles. The molecule has 0 aromatic carbocycles. The molecule has 2 aliphatic rings. The number of nitrogens with one attached hydrogen (secondary N) is 1. The third-order valence-electron chi connectivity index (χ3n) is 5.27. The van der Waals surface area contributed by atoms with Crippen LogP contribution in [-0.2, 0) is 4.74 Å². The molecule has 1 atom stereocenters. The summed E-state index contributed by atoms with van der Waals surface area (Å²) in [6, 6.07) is 0. The standard InChI is InChI=1S/C17H33NO3/c1-2-14-7-9-17(20,10-8-14)13-18-11-15(19)12-21-16-5-3-4-6-16/h14-16,18-20H,2-13H2,1H3. The minimum absolute atomic E-state index is 0.355. The molecule has 0 amide bonds. The lowest BCUT2D eigenvalue weighted by Crippen LogP contribution is -2.45. The van der Waals surface area contributed by atoms with E-state index in [1.165, 1.54) is 19.3 Å². The van der Waals surface area contributed by atoms with E-state index in [-0.39, 0.29) is 0 Å². The maximum absolute atomic E-state index is 10.5. The zero-order valence-electron chi connectivity index (χ0n) is 13.5. The van der Waals surface area contributed by atoms with Gasteiger partial charge in [0, 0.05) is 13.1 Å². The third-order valence-corrected chi connectivity index (χ3v) is 5.27. The molecular formula is C17H33NO3. The summed E-state index contributed by atoms with van der Waals surface area (Å²) >= 11 is 0. The monoisotopic (exact) mass is 299 g/mol. The Morgan fingerprint density at radius 3 is 2.48 bits per heavy atom. The van der Waals surface area contributed by atoms with E-state index in [1.54, 1.807) is 0 Å². The highest BCUT2D eigenvalue weighted by molar-refractivity contribution is 4.87. The molecular weight excluding hydrogens is 266 g/mol. The minimum Gasteiger partial charge on any atom is -0.389 e. The quantitative estimate of drug-likeness (QED) is 0.643. The van der Waals surface area contributed by atoms with Crippen LogP contribution in [0, 0.1) is 5.92 Å². The van der Waals surface area contributed by atoms with E-state index in [0.29, 0.717) is 25.8 Å². The molecule has 0 bridgehead atoms. The highest BCUT2D eigenvalue weighted by Gasteiger charge is 2.32. The van der Waals surface area contributed by atoms with Crippen LogP contribution in [0.5, 0.6) is 0 Å². The fourth-order valence-corrected chi connectivity index (χ4v) is 3.63. The molecule has 2 rings (SSSR count). The summed E-state index contributed by atoms with van der Waals surface area (Å²) in [5.74, 6) is 0.788. The summed E-state index contributed by atoms with van der Waals surface area (Å²) in [4.78, 5) is 0. The van der Waals surface area contributed by atoms with Crippen LogP contribution in [0.3, 0.4) is 0 Å². The molecule has 0 radical (unpaired) electrons. The highest BCUT2D eigenvalue weighted by atomic mass is 16.5. The SMILES string of the molecule is CCC1CCC(O)(CNCC(O)COC2CCCC2)CC1. The van der Waals surface area contributed by atoms with Crippen molar-refractivity contribution in [2.75, 3.05) is 19.7 Å². The van der Waals surface area contributed by atoms with Gasteiger partial charge in [-0.05, 0) is 44.4 Å². The molecule has 0 heterocycles. The number of aliphatic hydroxyl groups excluding tert-OH is 1. The maximum Gasteiger partial charge on any atom is 0.0897 e. The van der Waals surface area contributed by atoms with Crippen molar-refractivity contribution in [1.29, 1.82) is 0 Å². The van der Waals surface area contributed by atoms with Gasteiger partial charge >= 0.3 is 0 Å². The number of hydrogen-bond acceptors (Lipinski definition) is 4. The normalized spacial score (nSPS) is 32.4. The lowest BCUT2D eigenvalue weighted by molar-refractivity contribution is -0.0216. The van der Waals surface area contributed by atoms with E-state index in [0.717, 1.165) is 44.4 Å². The van der Waals surface area contributed by atoms with E-state index < -0.39 is 11.7 Å². The molecule has 3 N–H and O–H groups in total. The molecule has 21 heavy (non-hydrogen) atoms. The van der Waals surface area contributed by atoms with Gasteiger partial charge in [-0.3, -0.25) is 0 Å². The van der Waals surface area contributed by atoms with Crippen LogP contribution in [0.1, 0.15) is 64.7 Å². The van der Waals surface area contributed by atoms with E-state index >= 15 is 0 Å². The Kier molecular flexibility index (Phi) is 6.93. The molecule has 2 fully saturated rings. The number of ether oxygens (including phenoxy) is 1. The molecule has 4 heteroatoms. The Bertz CT molecular complexity index is 284. The van der Waals surface area contributed by atoms with Gasteiger partial charge in [0.15, 0.2) is 0 Å². The summed E-state index contributed by atoms with van der Waals surface area (Å²) in [5.41, 5.74) is -0.572. The van der Waals surface area contributed by atoms with Crippen LogP contribution in [0.2, 0.25) is 0 Å². The summed E-state index contributed by atoms with van der Waals surface area (Å²) in [5, 5.41) is 23.7. The van der Waals surface area contributed by atoms with Gasteiger partial charge in [0.2, 0.25) is 0 Å². The Labute approximate surface area is 129 Å². The van der Waals surface area contributed by atoms with Gasteiger partial charge < -0.3 is 20.3 Å².